The molecule has 1 aromatic heterocycles. The van der Waals surface area contributed by atoms with E-state index >= 15 is 0 Å². The van der Waals surface area contributed by atoms with Gasteiger partial charge in [-0.25, -0.2) is 4.79 Å². The number of carboxylic acids is 1. The number of nitrogens with zero attached hydrogens (tertiary/aromatic N) is 1. The topological polar surface area (TPSA) is 113 Å². The SMILES string of the molecule is NC(=O)c1ccc[n+](CC(=O)Nc2ccc(C(=O)O)cc2)c1.[Cl-]. The standard InChI is InChI=1S/C15H13N3O4.ClH/c16-14(20)11-2-1-7-18(8-11)9-13(19)17-12-5-3-10(4-6-12)15(21)22;/h1-8H,9H2,(H3-,16,17,19,20,21,22);1H. The lowest BCUT2D eigenvalue weighted by Gasteiger charge is -2.04. The zero-order valence-corrected chi connectivity index (χ0v) is 12.7. The van der Waals surface area contributed by atoms with Crippen molar-refractivity contribution in [1.82, 2.24) is 0 Å². The first-order valence-corrected chi connectivity index (χ1v) is 6.38. The number of aromatic nitrogens is 1. The molecule has 8 heteroatoms. The van der Waals surface area contributed by atoms with E-state index in [2.05, 4.69) is 5.32 Å². The molecule has 0 aliphatic carbocycles. The van der Waals surface area contributed by atoms with E-state index in [1.807, 2.05) is 0 Å². The van der Waals surface area contributed by atoms with E-state index in [-0.39, 0.29) is 30.4 Å². The fourth-order valence-electron chi connectivity index (χ4n) is 1.83. The molecule has 0 bridgehead atoms. The first-order valence-electron chi connectivity index (χ1n) is 6.38. The second kappa shape index (κ2) is 7.90. The molecule has 0 unspecified atom stereocenters. The number of carbonyl (C=O) groups is 3. The predicted molar refractivity (Wildman–Crippen MR) is 77.2 cm³/mol. The van der Waals surface area contributed by atoms with Crippen molar-refractivity contribution in [2.24, 2.45) is 5.73 Å². The van der Waals surface area contributed by atoms with Crippen LogP contribution in [-0.2, 0) is 11.3 Å². The smallest absolute Gasteiger partial charge is 0.335 e. The molecule has 2 aromatic rings. The van der Waals surface area contributed by atoms with Gasteiger partial charge in [-0.2, -0.15) is 4.57 Å². The minimum atomic E-state index is -1.03. The van der Waals surface area contributed by atoms with Crippen molar-refractivity contribution in [3.63, 3.8) is 0 Å². The minimum absolute atomic E-state index is 0. The lowest BCUT2D eigenvalue weighted by atomic mass is 10.2. The number of hydrogen-bond acceptors (Lipinski definition) is 3. The number of hydrogen-bond donors (Lipinski definition) is 3. The Morgan fingerprint density at radius 3 is 2.30 bits per heavy atom. The summed E-state index contributed by atoms with van der Waals surface area (Å²) in [6.45, 7) is 0.00179. The zero-order valence-electron chi connectivity index (χ0n) is 11.9. The number of carboxylic acid groups (broad SMARTS) is 1. The van der Waals surface area contributed by atoms with Gasteiger partial charge in [-0.15, -0.1) is 0 Å². The summed E-state index contributed by atoms with van der Waals surface area (Å²) in [6, 6.07) is 8.99. The van der Waals surface area contributed by atoms with Crippen LogP contribution in [0.2, 0.25) is 0 Å². The molecule has 0 fully saturated rings. The zero-order chi connectivity index (χ0) is 16.1. The molecular formula is C15H14ClN3O4. The van der Waals surface area contributed by atoms with Crippen molar-refractivity contribution in [2.45, 2.75) is 6.54 Å². The molecule has 1 aromatic carbocycles. The number of halogens is 1. The number of anilines is 1. The Hall–Kier alpha value is -2.93. The minimum Gasteiger partial charge on any atom is -1.00 e. The first-order chi connectivity index (χ1) is 10.5. The highest BCUT2D eigenvalue weighted by Gasteiger charge is 2.12. The molecule has 0 atom stereocenters. The summed E-state index contributed by atoms with van der Waals surface area (Å²) in [7, 11) is 0. The number of primary amides is 1. The quantitative estimate of drug-likeness (QED) is 0.520. The van der Waals surface area contributed by atoms with Crippen LogP contribution in [0, 0.1) is 0 Å². The Kier molecular flexibility index (Phi) is 6.23. The van der Waals surface area contributed by atoms with Gasteiger partial charge in [0.15, 0.2) is 12.4 Å². The molecule has 120 valence electrons. The fourth-order valence-corrected chi connectivity index (χ4v) is 1.83. The number of pyridine rings is 1. The van der Waals surface area contributed by atoms with Crippen LogP contribution >= 0.6 is 0 Å². The van der Waals surface area contributed by atoms with Crippen molar-refractivity contribution < 1.29 is 36.5 Å². The van der Waals surface area contributed by atoms with Gasteiger partial charge in [0.1, 0.15) is 5.56 Å². The maximum Gasteiger partial charge on any atom is 0.335 e. The molecule has 0 aliphatic heterocycles. The average molecular weight is 336 g/mol. The molecular weight excluding hydrogens is 322 g/mol. The maximum atomic E-state index is 11.9. The second-order valence-electron chi connectivity index (χ2n) is 4.56. The van der Waals surface area contributed by atoms with Gasteiger partial charge in [-0.1, -0.05) is 0 Å². The molecule has 0 saturated heterocycles. The Bertz CT molecular complexity index is 732. The highest BCUT2D eigenvalue weighted by Crippen LogP contribution is 2.09. The number of benzene rings is 1. The van der Waals surface area contributed by atoms with Crippen LogP contribution in [0.1, 0.15) is 20.7 Å². The lowest BCUT2D eigenvalue weighted by Crippen LogP contribution is -3.00. The van der Waals surface area contributed by atoms with Crippen LogP contribution in [0.5, 0.6) is 0 Å². The number of carbonyl (C=O) groups excluding carboxylic acids is 2. The van der Waals surface area contributed by atoms with Gasteiger partial charge < -0.3 is 28.6 Å². The Morgan fingerprint density at radius 1 is 1.09 bits per heavy atom. The molecule has 23 heavy (non-hydrogen) atoms. The van der Waals surface area contributed by atoms with Crippen LogP contribution in [-0.4, -0.2) is 22.9 Å². The first kappa shape index (κ1) is 18.1. The Morgan fingerprint density at radius 2 is 1.74 bits per heavy atom. The van der Waals surface area contributed by atoms with Gasteiger partial charge in [0.25, 0.3) is 11.8 Å². The number of amides is 2. The predicted octanol–water partition coefficient (Wildman–Crippen LogP) is -2.59. The summed E-state index contributed by atoms with van der Waals surface area (Å²) in [6.07, 6.45) is 3.12. The average Bonchev–Trinajstić information content (AvgIpc) is 2.47. The maximum absolute atomic E-state index is 11.9. The van der Waals surface area contributed by atoms with E-state index in [0.717, 1.165) is 0 Å². The van der Waals surface area contributed by atoms with E-state index in [0.29, 0.717) is 11.3 Å². The molecule has 0 saturated carbocycles. The summed E-state index contributed by atoms with van der Waals surface area (Å²) < 4.78 is 1.53. The highest BCUT2D eigenvalue weighted by molar-refractivity contribution is 5.93. The molecule has 0 radical (unpaired) electrons. The summed E-state index contributed by atoms with van der Waals surface area (Å²) in [5.41, 5.74) is 6.11. The van der Waals surface area contributed by atoms with Gasteiger partial charge in [0.2, 0.25) is 6.54 Å². The monoisotopic (exact) mass is 335 g/mol. The summed E-state index contributed by atoms with van der Waals surface area (Å²) >= 11 is 0. The van der Waals surface area contributed by atoms with Crippen LogP contribution in [0.25, 0.3) is 0 Å². The number of nitrogens with one attached hydrogen (secondary N) is 1. The highest BCUT2D eigenvalue weighted by atomic mass is 35.5. The third kappa shape index (κ3) is 5.08. The summed E-state index contributed by atoms with van der Waals surface area (Å²) in [5, 5.41) is 11.4. The molecule has 2 rings (SSSR count). The molecule has 1 heterocycles. The van der Waals surface area contributed by atoms with E-state index in [1.54, 1.807) is 18.3 Å². The van der Waals surface area contributed by atoms with Crippen LogP contribution in [0.15, 0.2) is 48.8 Å². The van der Waals surface area contributed by atoms with Gasteiger partial charge >= 0.3 is 5.97 Å². The summed E-state index contributed by atoms with van der Waals surface area (Å²) in [5.74, 6) is -1.91. The molecule has 7 nitrogen and oxygen atoms in total. The van der Waals surface area contributed by atoms with E-state index in [9.17, 15) is 14.4 Å². The number of aromatic carboxylic acids is 1. The Labute approximate surface area is 138 Å². The van der Waals surface area contributed by atoms with E-state index in [1.165, 1.54) is 35.0 Å². The largest absolute Gasteiger partial charge is 1.00 e. The fraction of sp³-hybridized carbons (Fsp3) is 0.0667. The van der Waals surface area contributed by atoms with Crippen LogP contribution < -0.4 is 28.0 Å². The van der Waals surface area contributed by atoms with E-state index in [4.69, 9.17) is 10.8 Å². The van der Waals surface area contributed by atoms with Gasteiger partial charge in [-0.3, -0.25) is 9.59 Å². The molecule has 0 spiro atoms. The van der Waals surface area contributed by atoms with Crippen molar-refractivity contribution in [2.75, 3.05) is 5.32 Å². The molecule has 2 amide bonds. The lowest BCUT2D eigenvalue weighted by molar-refractivity contribution is -0.684. The van der Waals surface area contributed by atoms with Crippen molar-refractivity contribution in [3.8, 4) is 0 Å². The van der Waals surface area contributed by atoms with Crippen molar-refractivity contribution >= 4 is 23.5 Å². The van der Waals surface area contributed by atoms with Crippen LogP contribution in [0.4, 0.5) is 5.69 Å². The van der Waals surface area contributed by atoms with Crippen molar-refractivity contribution in [3.05, 3.63) is 59.9 Å². The number of rotatable bonds is 5. The summed E-state index contributed by atoms with van der Waals surface area (Å²) in [4.78, 5) is 33.7. The van der Waals surface area contributed by atoms with Crippen molar-refractivity contribution in [1.29, 1.82) is 0 Å². The molecule has 0 aliphatic rings. The number of nitrogens with two attached hydrogens (primary N) is 1. The third-order valence-electron chi connectivity index (χ3n) is 2.88. The molecule has 4 N–H and O–H groups in total. The van der Waals surface area contributed by atoms with Crippen LogP contribution in [0.3, 0.4) is 0 Å². The van der Waals surface area contributed by atoms with Gasteiger partial charge in [-0.05, 0) is 30.3 Å². The Balaban J connectivity index is 0.00000264. The van der Waals surface area contributed by atoms with Gasteiger partial charge in [0, 0.05) is 11.8 Å². The third-order valence-corrected chi connectivity index (χ3v) is 2.88. The van der Waals surface area contributed by atoms with Gasteiger partial charge in [0.05, 0.1) is 5.56 Å². The van der Waals surface area contributed by atoms with E-state index < -0.39 is 11.9 Å². The normalized spacial score (nSPS) is 9.57. The second-order valence-corrected chi connectivity index (χ2v) is 4.56.